The van der Waals surface area contributed by atoms with Gasteiger partial charge in [-0.05, 0) is 30.7 Å². The SMILES string of the molecule is CC(=O)Nc1cccc2c1cc(C)n2-c1nc2c(c(NCc3ccccc3)n1)CNCC2. The van der Waals surface area contributed by atoms with Crippen LogP contribution < -0.4 is 16.0 Å². The molecular formula is C25H26N6O. The molecule has 7 heteroatoms. The van der Waals surface area contributed by atoms with Gasteiger partial charge in [-0.2, -0.15) is 4.98 Å². The summed E-state index contributed by atoms with van der Waals surface area (Å²) in [5.41, 5.74) is 6.18. The van der Waals surface area contributed by atoms with E-state index in [2.05, 4.69) is 38.7 Å². The number of amides is 1. The summed E-state index contributed by atoms with van der Waals surface area (Å²) in [4.78, 5) is 21.6. The van der Waals surface area contributed by atoms with Crippen molar-refractivity contribution < 1.29 is 4.79 Å². The molecule has 0 fully saturated rings. The number of hydrogen-bond acceptors (Lipinski definition) is 5. The van der Waals surface area contributed by atoms with Gasteiger partial charge in [-0.15, -0.1) is 0 Å². The zero-order valence-electron chi connectivity index (χ0n) is 18.3. The van der Waals surface area contributed by atoms with Crippen LogP contribution in [0, 0.1) is 6.92 Å². The fourth-order valence-corrected chi connectivity index (χ4v) is 4.29. The smallest absolute Gasteiger partial charge is 0.236 e. The molecule has 3 N–H and O–H groups in total. The lowest BCUT2D eigenvalue weighted by atomic mass is 10.1. The summed E-state index contributed by atoms with van der Waals surface area (Å²) in [7, 11) is 0. The fourth-order valence-electron chi connectivity index (χ4n) is 4.29. The van der Waals surface area contributed by atoms with Gasteiger partial charge in [0.05, 0.1) is 16.9 Å². The number of rotatable bonds is 5. The minimum Gasteiger partial charge on any atom is -0.366 e. The number of carbonyl (C=O) groups is 1. The zero-order chi connectivity index (χ0) is 22.1. The molecule has 2 aromatic carbocycles. The third-order valence-electron chi connectivity index (χ3n) is 5.76. The molecule has 4 aromatic rings. The quantitative estimate of drug-likeness (QED) is 0.450. The Bertz CT molecular complexity index is 1300. The van der Waals surface area contributed by atoms with Crippen molar-refractivity contribution in [3.63, 3.8) is 0 Å². The molecule has 2 aromatic heterocycles. The summed E-state index contributed by atoms with van der Waals surface area (Å²) >= 11 is 0. The maximum absolute atomic E-state index is 11.7. The number of nitrogens with one attached hydrogen (secondary N) is 3. The fraction of sp³-hybridized carbons (Fsp3) is 0.240. The number of anilines is 2. The van der Waals surface area contributed by atoms with Crippen LogP contribution in [-0.4, -0.2) is 27.0 Å². The number of carbonyl (C=O) groups excluding carboxylic acids is 1. The highest BCUT2D eigenvalue weighted by atomic mass is 16.1. The van der Waals surface area contributed by atoms with E-state index in [4.69, 9.17) is 9.97 Å². The molecule has 0 unspecified atom stereocenters. The molecular weight excluding hydrogens is 400 g/mol. The van der Waals surface area contributed by atoms with E-state index in [0.717, 1.165) is 58.9 Å². The van der Waals surface area contributed by atoms with E-state index in [9.17, 15) is 4.79 Å². The van der Waals surface area contributed by atoms with Crippen molar-refractivity contribution in [2.45, 2.75) is 33.4 Å². The second kappa shape index (κ2) is 8.43. The second-order valence-electron chi connectivity index (χ2n) is 8.10. The number of benzene rings is 2. The highest BCUT2D eigenvalue weighted by Gasteiger charge is 2.20. The molecule has 3 heterocycles. The lowest BCUT2D eigenvalue weighted by Crippen LogP contribution is -2.27. The molecule has 0 spiro atoms. The van der Waals surface area contributed by atoms with Gasteiger partial charge in [-0.3, -0.25) is 9.36 Å². The number of fused-ring (bicyclic) bond motifs is 2. The van der Waals surface area contributed by atoms with Gasteiger partial charge in [0, 0.05) is 49.6 Å². The van der Waals surface area contributed by atoms with Crippen molar-refractivity contribution in [1.29, 1.82) is 0 Å². The summed E-state index contributed by atoms with van der Waals surface area (Å²) in [6.45, 7) is 5.92. The number of nitrogens with zero attached hydrogens (tertiary/aromatic N) is 3. The summed E-state index contributed by atoms with van der Waals surface area (Å²) in [5.74, 6) is 1.42. The van der Waals surface area contributed by atoms with Gasteiger partial charge >= 0.3 is 0 Å². The number of aryl methyl sites for hydroxylation is 1. The zero-order valence-corrected chi connectivity index (χ0v) is 18.3. The first-order valence-electron chi connectivity index (χ1n) is 10.9. The van der Waals surface area contributed by atoms with Crippen molar-refractivity contribution >= 4 is 28.3 Å². The molecule has 5 rings (SSSR count). The molecule has 162 valence electrons. The van der Waals surface area contributed by atoms with Crippen molar-refractivity contribution in [3.8, 4) is 5.95 Å². The number of aromatic nitrogens is 3. The predicted octanol–water partition coefficient (Wildman–Crippen LogP) is 3.95. The van der Waals surface area contributed by atoms with Crippen molar-refractivity contribution in [3.05, 3.63) is 77.1 Å². The van der Waals surface area contributed by atoms with E-state index >= 15 is 0 Å². The predicted molar refractivity (Wildman–Crippen MR) is 127 cm³/mol. The summed E-state index contributed by atoms with van der Waals surface area (Å²) < 4.78 is 2.07. The number of hydrogen-bond donors (Lipinski definition) is 3. The van der Waals surface area contributed by atoms with Gasteiger partial charge in [0.1, 0.15) is 5.82 Å². The van der Waals surface area contributed by atoms with Crippen LogP contribution in [0.2, 0.25) is 0 Å². The molecule has 32 heavy (non-hydrogen) atoms. The van der Waals surface area contributed by atoms with Crippen molar-refractivity contribution in [1.82, 2.24) is 19.9 Å². The van der Waals surface area contributed by atoms with Crippen LogP contribution in [0.4, 0.5) is 11.5 Å². The van der Waals surface area contributed by atoms with Gasteiger partial charge in [-0.1, -0.05) is 36.4 Å². The third kappa shape index (κ3) is 3.83. The lowest BCUT2D eigenvalue weighted by molar-refractivity contribution is -0.114. The largest absolute Gasteiger partial charge is 0.366 e. The first-order valence-corrected chi connectivity index (χ1v) is 10.9. The molecule has 0 saturated carbocycles. The minimum atomic E-state index is -0.0900. The van der Waals surface area contributed by atoms with Gasteiger partial charge in [0.25, 0.3) is 0 Å². The second-order valence-corrected chi connectivity index (χ2v) is 8.10. The van der Waals surface area contributed by atoms with Crippen LogP contribution in [-0.2, 0) is 24.3 Å². The molecule has 0 aliphatic carbocycles. The molecule has 1 aliphatic rings. The molecule has 0 saturated heterocycles. The Labute approximate surface area is 186 Å². The molecule has 0 bridgehead atoms. The van der Waals surface area contributed by atoms with Gasteiger partial charge < -0.3 is 16.0 Å². The Kier molecular flexibility index (Phi) is 5.33. The third-order valence-corrected chi connectivity index (χ3v) is 5.76. The van der Waals surface area contributed by atoms with E-state index in [-0.39, 0.29) is 5.91 Å². The summed E-state index contributed by atoms with van der Waals surface area (Å²) in [6, 6.07) is 18.3. The van der Waals surface area contributed by atoms with E-state index in [1.807, 2.05) is 43.3 Å². The average molecular weight is 427 g/mol. The Hall–Kier alpha value is -3.71. The molecule has 0 radical (unpaired) electrons. The summed E-state index contributed by atoms with van der Waals surface area (Å²) in [5, 5.41) is 10.9. The first-order chi connectivity index (χ1) is 15.6. The normalized spacial score (nSPS) is 13.1. The van der Waals surface area contributed by atoms with Crippen LogP contribution in [0.25, 0.3) is 16.9 Å². The van der Waals surface area contributed by atoms with E-state index in [0.29, 0.717) is 12.5 Å². The maximum Gasteiger partial charge on any atom is 0.236 e. The van der Waals surface area contributed by atoms with E-state index < -0.39 is 0 Å². The topological polar surface area (TPSA) is 83.9 Å². The first kappa shape index (κ1) is 20.2. The van der Waals surface area contributed by atoms with Crippen LogP contribution in [0.5, 0.6) is 0 Å². The highest BCUT2D eigenvalue weighted by molar-refractivity contribution is 6.01. The molecule has 0 atom stereocenters. The van der Waals surface area contributed by atoms with Crippen molar-refractivity contribution in [2.75, 3.05) is 17.2 Å². The van der Waals surface area contributed by atoms with Crippen LogP contribution in [0.3, 0.4) is 0 Å². The van der Waals surface area contributed by atoms with Gasteiger partial charge in [0.2, 0.25) is 11.9 Å². The van der Waals surface area contributed by atoms with E-state index in [1.54, 1.807) is 0 Å². The van der Waals surface area contributed by atoms with Gasteiger partial charge in [0.15, 0.2) is 0 Å². The van der Waals surface area contributed by atoms with Crippen LogP contribution >= 0.6 is 0 Å². The Balaban J connectivity index is 1.60. The van der Waals surface area contributed by atoms with Crippen molar-refractivity contribution in [2.24, 2.45) is 0 Å². The lowest BCUT2D eigenvalue weighted by Gasteiger charge is -2.21. The standard InChI is InChI=1S/C25H26N6O/c1-16-13-19-21(28-17(2)32)9-6-10-23(19)31(16)25-29-22-11-12-26-15-20(22)24(30-25)27-14-18-7-4-3-5-8-18/h3-10,13,26H,11-12,14-15H2,1-2H3,(H,28,32)(H,27,29,30). The molecule has 1 amide bonds. The highest BCUT2D eigenvalue weighted by Crippen LogP contribution is 2.30. The monoisotopic (exact) mass is 426 g/mol. The van der Waals surface area contributed by atoms with Gasteiger partial charge in [-0.25, -0.2) is 4.98 Å². The molecule has 1 aliphatic heterocycles. The van der Waals surface area contributed by atoms with Crippen LogP contribution in [0.15, 0.2) is 54.6 Å². The molecule has 7 nitrogen and oxygen atoms in total. The maximum atomic E-state index is 11.7. The summed E-state index contributed by atoms with van der Waals surface area (Å²) in [6.07, 6.45) is 0.861. The Morgan fingerprint density at radius 3 is 2.78 bits per heavy atom. The van der Waals surface area contributed by atoms with Crippen LogP contribution in [0.1, 0.15) is 29.4 Å². The minimum absolute atomic E-state index is 0.0900. The average Bonchev–Trinajstić information content (AvgIpc) is 3.14. The Morgan fingerprint density at radius 2 is 1.97 bits per heavy atom. The van der Waals surface area contributed by atoms with E-state index in [1.165, 1.54) is 12.5 Å². The Morgan fingerprint density at radius 1 is 1.12 bits per heavy atom.